The molecule has 2 bridgehead atoms. The van der Waals surface area contributed by atoms with Crippen molar-refractivity contribution in [3.05, 3.63) is 22.8 Å². The number of fused-ring (bicyclic) bond motifs is 2. The standard InChI is InChI=1S/C23H30O2/c1-14-12-18-16(13-20(14)25)4-5-19-17(18)6-7-21(3)22(15(2)24)8-10-23(19,21)11-9-22/h13-14,19H,4-12H2,1-3H3/t14?,19-,21-,22?,23?/m1/s1. The minimum Gasteiger partial charge on any atom is -0.299 e. The zero-order chi connectivity index (χ0) is 17.6. The first-order valence-electron chi connectivity index (χ1n) is 10.3. The molecular formula is C23H30O2. The molecule has 0 radical (unpaired) electrons. The molecule has 2 heteroatoms. The molecule has 0 amide bonds. The van der Waals surface area contributed by atoms with E-state index in [1.54, 1.807) is 11.1 Å². The number of hydrogen-bond donors (Lipinski definition) is 0. The highest BCUT2D eigenvalue weighted by Crippen LogP contribution is 2.80. The van der Waals surface area contributed by atoms with Crippen LogP contribution in [0.1, 0.15) is 78.6 Å². The molecule has 0 heterocycles. The van der Waals surface area contributed by atoms with E-state index < -0.39 is 0 Å². The third kappa shape index (κ3) is 1.63. The summed E-state index contributed by atoms with van der Waals surface area (Å²) in [6, 6.07) is 0. The minimum absolute atomic E-state index is 0.0326. The summed E-state index contributed by atoms with van der Waals surface area (Å²) in [4.78, 5) is 24.8. The number of carbonyl (C=O) groups excluding carboxylic acids is 2. The van der Waals surface area contributed by atoms with Gasteiger partial charge in [0.25, 0.3) is 0 Å². The summed E-state index contributed by atoms with van der Waals surface area (Å²) in [5, 5.41) is 0. The third-order valence-corrected chi connectivity index (χ3v) is 9.60. The number of rotatable bonds is 1. The molecule has 0 spiro atoms. The van der Waals surface area contributed by atoms with Crippen molar-refractivity contribution in [2.24, 2.45) is 28.1 Å². The van der Waals surface area contributed by atoms with Gasteiger partial charge >= 0.3 is 0 Å². The highest BCUT2D eigenvalue weighted by Gasteiger charge is 2.74. The van der Waals surface area contributed by atoms with Gasteiger partial charge in [0.1, 0.15) is 5.78 Å². The Kier molecular flexibility index (Phi) is 3.05. The molecule has 0 aromatic heterocycles. The van der Waals surface area contributed by atoms with E-state index in [4.69, 9.17) is 0 Å². The van der Waals surface area contributed by atoms with Crippen molar-refractivity contribution in [2.75, 3.05) is 0 Å². The van der Waals surface area contributed by atoms with Gasteiger partial charge in [0.05, 0.1) is 0 Å². The van der Waals surface area contributed by atoms with Crippen LogP contribution in [0.15, 0.2) is 22.8 Å². The smallest absolute Gasteiger partial charge is 0.159 e. The Morgan fingerprint density at radius 3 is 2.52 bits per heavy atom. The normalized spacial score (nSPS) is 48.0. The molecule has 3 fully saturated rings. The maximum atomic E-state index is 12.7. The summed E-state index contributed by atoms with van der Waals surface area (Å²) in [7, 11) is 0. The van der Waals surface area contributed by atoms with Crippen LogP contribution in [0.25, 0.3) is 0 Å². The number of ketones is 2. The van der Waals surface area contributed by atoms with Gasteiger partial charge in [0.2, 0.25) is 0 Å². The molecule has 134 valence electrons. The van der Waals surface area contributed by atoms with Crippen LogP contribution in [-0.2, 0) is 9.59 Å². The van der Waals surface area contributed by atoms with Gasteiger partial charge < -0.3 is 0 Å². The van der Waals surface area contributed by atoms with Crippen molar-refractivity contribution < 1.29 is 9.59 Å². The van der Waals surface area contributed by atoms with Crippen molar-refractivity contribution in [3.8, 4) is 0 Å². The van der Waals surface area contributed by atoms with E-state index in [0.29, 0.717) is 22.9 Å². The fourth-order valence-electron chi connectivity index (χ4n) is 8.17. The van der Waals surface area contributed by atoms with Crippen LogP contribution in [0.5, 0.6) is 0 Å². The molecule has 0 aromatic carbocycles. The maximum absolute atomic E-state index is 12.7. The van der Waals surface area contributed by atoms with Crippen molar-refractivity contribution in [3.63, 3.8) is 0 Å². The lowest BCUT2D eigenvalue weighted by atomic mass is 9.48. The van der Waals surface area contributed by atoms with Crippen LogP contribution in [0.3, 0.4) is 0 Å². The average Bonchev–Trinajstić information content (AvgIpc) is 3.01. The second-order valence-corrected chi connectivity index (χ2v) is 9.90. The van der Waals surface area contributed by atoms with Gasteiger partial charge in [-0.25, -0.2) is 0 Å². The summed E-state index contributed by atoms with van der Waals surface area (Å²) in [5.74, 6) is 1.61. The van der Waals surface area contributed by atoms with Gasteiger partial charge in [0.15, 0.2) is 5.78 Å². The lowest BCUT2D eigenvalue weighted by Gasteiger charge is -2.55. The van der Waals surface area contributed by atoms with Gasteiger partial charge in [-0.05, 0) is 98.7 Å². The number of carbonyl (C=O) groups is 2. The molecule has 0 saturated heterocycles. The first kappa shape index (κ1) is 16.0. The van der Waals surface area contributed by atoms with E-state index in [2.05, 4.69) is 13.8 Å². The molecular weight excluding hydrogens is 308 g/mol. The lowest BCUT2D eigenvalue weighted by molar-refractivity contribution is -0.134. The summed E-state index contributed by atoms with van der Waals surface area (Å²) in [5.41, 5.74) is 5.12. The zero-order valence-electron chi connectivity index (χ0n) is 15.9. The van der Waals surface area contributed by atoms with E-state index >= 15 is 0 Å². The van der Waals surface area contributed by atoms with Gasteiger partial charge in [0, 0.05) is 11.3 Å². The van der Waals surface area contributed by atoms with Crippen molar-refractivity contribution >= 4 is 11.6 Å². The number of hydrogen-bond acceptors (Lipinski definition) is 2. The SMILES string of the molecule is CC(=O)C12CCC3(CC1)[C@@H]1CCC4=CC(=O)C(C)CC4=C1CC[C@]23C. The van der Waals surface area contributed by atoms with Crippen molar-refractivity contribution in [1.29, 1.82) is 0 Å². The largest absolute Gasteiger partial charge is 0.299 e. The number of Topliss-reactive ketones (excluding diaryl/α,β-unsaturated/α-hetero) is 1. The van der Waals surface area contributed by atoms with E-state index in [0.717, 1.165) is 32.1 Å². The van der Waals surface area contributed by atoms with Crippen LogP contribution in [-0.4, -0.2) is 11.6 Å². The Morgan fingerprint density at radius 1 is 1.12 bits per heavy atom. The summed E-state index contributed by atoms with van der Waals surface area (Å²) in [6.07, 6.45) is 12.3. The quantitative estimate of drug-likeness (QED) is 0.660. The highest BCUT2D eigenvalue weighted by atomic mass is 16.1. The zero-order valence-corrected chi connectivity index (χ0v) is 15.9. The Hall–Kier alpha value is -1.18. The van der Waals surface area contributed by atoms with Crippen LogP contribution in [0.4, 0.5) is 0 Å². The molecule has 1 unspecified atom stereocenters. The molecule has 5 rings (SSSR count). The second-order valence-electron chi connectivity index (χ2n) is 9.90. The second kappa shape index (κ2) is 4.75. The predicted molar refractivity (Wildman–Crippen MR) is 98.0 cm³/mol. The van der Waals surface area contributed by atoms with Crippen LogP contribution in [0, 0.1) is 28.1 Å². The highest BCUT2D eigenvalue weighted by molar-refractivity contribution is 5.94. The Morgan fingerprint density at radius 2 is 1.84 bits per heavy atom. The molecule has 3 atom stereocenters. The molecule has 25 heavy (non-hydrogen) atoms. The number of allylic oxidation sites excluding steroid dienone is 4. The van der Waals surface area contributed by atoms with Crippen molar-refractivity contribution in [2.45, 2.75) is 78.6 Å². The maximum Gasteiger partial charge on any atom is 0.159 e. The van der Waals surface area contributed by atoms with E-state index in [1.807, 2.05) is 13.0 Å². The Labute approximate surface area is 151 Å². The average molecular weight is 338 g/mol. The molecule has 0 aromatic rings. The van der Waals surface area contributed by atoms with Crippen LogP contribution < -0.4 is 0 Å². The molecule has 0 N–H and O–H groups in total. The van der Waals surface area contributed by atoms with E-state index in [1.165, 1.54) is 31.3 Å². The predicted octanol–water partition coefficient (Wildman–Crippen LogP) is 5.18. The summed E-state index contributed by atoms with van der Waals surface area (Å²) in [6.45, 7) is 6.41. The van der Waals surface area contributed by atoms with E-state index in [9.17, 15) is 9.59 Å². The fraction of sp³-hybridized carbons (Fsp3) is 0.739. The minimum atomic E-state index is -0.0326. The van der Waals surface area contributed by atoms with Crippen LogP contribution >= 0.6 is 0 Å². The first-order chi connectivity index (χ1) is 11.8. The third-order valence-electron chi connectivity index (χ3n) is 9.60. The molecule has 5 aliphatic carbocycles. The molecule has 0 aliphatic heterocycles. The monoisotopic (exact) mass is 338 g/mol. The van der Waals surface area contributed by atoms with E-state index in [-0.39, 0.29) is 16.7 Å². The Balaban J connectivity index is 1.64. The molecule has 5 aliphatic rings. The van der Waals surface area contributed by atoms with Gasteiger partial charge in [-0.3, -0.25) is 9.59 Å². The molecule has 3 saturated carbocycles. The van der Waals surface area contributed by atoms with Gasteiger partial charge in [-0.2, -0.15) is 0 Å². The fourth-order valence-corrected chi connectivity index (χ4v) is 8.17. The van der Waals surface area contributed by atoms with Gasteiger partial charge in [-0.15, -0.1) is 0 Å². The summed E-state index contributed by atoms with van der Waals surface area (Å²) < 4.78 is 0. The molecule has 2 nitrogen and oxygen atoms in total. The first-order valence-corrected chi connectivity index (χ1v) is 10.3. The topological polar surface area (TPSA) is 34.1 Å². The van der Waals surface area contributed by atoms with Gasteiger partial charge in [-0.1, -0.05) is 19.4 Å². The lowest BCUT2D eigenvalue weighted by Crippen LogP contribution is -2.49. The Bertz CT molecular complexity index is 744. The van der Waals surface area contributed by atoms with Crippen molar-refractivity contribution in [1.82, 2.24) is 0 Å². The van der Waals surface area contributed by atoms with Crippen LogP contribution in [0.2, 0.25) is 0 Å². The summed E-state index contributed by atoms with van der Waals surface area (Å²) >= 11 is 0.